The Morgan fingerprint density at radius 3 is 2.62 bits per heavy atom. The number of carbonyl (C=O) groups is 2. The van der Waals surface area contributed by atoms with Gasteiger partial charge >= 0.3 is 0 Å². The average molecular weight is 333 g/mol. The molecular weight excluding hydrogens is 324 g/mol. The molecule has 0 aliphatic carbocycles. The van der Waals surface area contributed by atoms with Gasteiger partial charge in [0.05, 0.1) is 17.8 Å². The van der Waals surface area contributed by atoms with E-state index >= 15 is 0 Å². The first-order chi connectivity index (χ1) is 7.66. The molecule has 1 aliphatic rings. The van der Waals surface area contributed by atoms with E-state index in [0.717, 1.165) is 8.47 Å². The van der Waals surface area contributed by atoms with E-state index < -0.39 is 6.67 Å². The number of rotatable bonds is 3. The second kappa shape index (κ2) is 4.48. The second-order valence-electron chi connectivity index (χ2n) is 3.47. The van der Waals surface area contributed by atoms with Gasteiger partial charge in [0.15, 0.2) is 0 Å². The molecule has 0 saturated heterocycles. The van der Waals surface area contributed by atoms with Crippen LogP contribution in [0.15, 0.2) is 18.2 Å². The summed E-state index contributed by atoms with van der Waals surface area (Å²) < 4.78 is 12.8. The minimum absolute atomic E-state index is 0.152. The Balaban J connectivity index is 2.37. The van der Waals surface area contributed by atoms with Crippen molar-refractivity contribution in [3.63, 3.8) is 0 Å². The minimum atomic E-state index is -0.523. The fraction of sp³-hybridized carbons (Fsp3) is 0.273. The predicted octanol–water partition coefficient (Wildman–Crippen LogP) is 2.25. The van der Waals surface area contributed by atoms with Gasteiger partial charge in [0, 0.05) is 10.1 Å². The average Bonchev–Trinajstić information content (AvgIpc) is 2.51. The minimum Gasteiger partial charge on any atom is -0.274 e. The van der Waals surface area contributed by atoms with Crippen LogP contribution in [-0.4, -0.2) is 29.9 Å². The standard InChI is InChI=1S/C11H9FINO2/c12-5-2-6-14-10(15)7-3-1-4-8(13)9(7)11(14)16/h1,3-4H,2,5-6H2. The van der Waals surface area contributed by atoms with Gasteiger partial charge in [0.25, 0.3) is 11.8 Å². The Morgan fingerprint density at radius 2 is 2.00 bits per heavy atom. The molecule has 84 valence electrons. The molecule has 2 amide bonds. The Morgan fingerprint density at radius 1 is 1.25 bits per heavy atom. The maximum atomic E-state index is 12.1. The topological polar surface area (TPSA) is 37.4 Å². The summed E-state index contributed by atoms with van der Waals surface area (Å²) in [6.45, 7) is -0.372. The predicted molar refractivity (Wildman–Crippen MR) is 65.1 cm³/mol. The van der Waals surface area contributed by atoms with Crippen molar-refractivity contribution in [2.24, 2.45) is 0 Å². The van der Waals surface area contributed by atoms with E-state index in [1.54, 1.807) is 18.2 Å². The molecular formula is C11H9FINO2. The van der Waals surface area contributed by atoms with Crippen LogP contribution in [-0.2, 0) is 0 Å². The number of hydrogen-bond acceptors (Lipinski definition) is 2. The molecule has 1 heterocycles. The molecule has 0 unspecified atom stereocenters. The maximum absolute atomic E-state index is 12.1. The van der Waals surface area contributed by atoms with Gasteiger partial charge in [-0.05, 0) is 41.1 Å². The van der Waals surface area contributed by atoms with Gasteiger partial charge in [0.2, 0.25) is 0 Å². The van der Waals surface area contributed by atoms with Gasteiger partial charge in [-0.2, -0.15) is 0 Å². The van der Waals surface area contributed by atoms with Gasteiger partial charge in [-0.25, -0.2) is 0 Å². The van der Waals surface area contributed by atoms with E-state index in [2.05, 4.69) is 0 Å². The van der Waals surface area contributed by atoms with E-state index in [1.807, 2.05) is 22.6 Å². The van der Waals surface area contributed by atoms with Crippen LogP contribution in [0.4, 0.5) is 4.39 Å². The normalized spacial score (nSPS) is 14.5. The third-order valence-corrected chi connectivity index (χ3v) is 3.36. The van der Waals surface area contributed by atoms with E-state index in [-0.39, 0.29) is 24.8 Å². The van der Waals surface area contributed by atoms with Gasteiger partial charge < -0.3 is 0 Å². The van der Waals surface area contributed by atoms with Gasteiger partial charge in [-0.3, -0.25) is 18.9 Å². The van der Waals surface area contributed by atoms with Crippen molar-refractivity contribution in [3.05, 3.63) is 32.9 Å². The lowest BCUT2D eigenvalue weighted by molar-refractivity contribution is 0.0650. The van der Waals surface area contributed by atoms with Crippen LogP contribution >= 0.6 is 22.6 Å². The van der Waals surface area contributed by atoms with Crippen molar-refractivity contribution in [2.45, 2.75) is 6.42 Å². The lowest BCUT2D eigenvalue weighted by Crippen LogP contribution is -2.31. The first-order valence-electron chi connectivity index (χ1n) is 4.87. The van der Waals surface area contributed by atoms with E-state index in [4.69, 9.17) is 0 Å². The van der Waals surface area contributed by atoms with Gasteiger partial charge in [-0.15, -0.1) is 0 Å². The molecule has 0 bridgehead atoms. The first-order valence-corrected chi connectivity index (χ1v) is 5.95. The highest BCUT2D eigenvalue weighted by atomic mass is 127. The molecule has 0 aromatic heterocycles. The molecule has 0 spiro atoms. The zero-order valence-corrected chi connectivity index (χ0v) is 10.5. The summed E-state index contributed by atoms with van der Waals surface area (Å²) in [5.74, 6) is -0.620. The molecule has 0 saturated carbocycles. The largest absolute Gasteiger partial charge is 0.274 e. The number of fused-ring (bicyclic) bond motifs is 1. The number of nitrogens with zero attached hydrogens (tertiary/aromatic N) is 1. The van der Waals surface area contributed by atoms with E-state index in [9.17, 15) is 14.0 Å². The molecule has 0 fully saturated rings. The number of imide groups is 1. The first kappa shape index (κ1) is 11.5. The molecule has 1 aromatic carbocycles. The molecule has 5 heteroatoms. The van der Waals surface area contributed by atoms with E-state index in [0.29, 0.717) is 11.1 Å². The zero-order valence-electron chi connectivity index (χ0n) is 8.37. The monoisotopic (exact) mass is 333 g/mol. The van der Waals surface area contributed by atoms with Crippen LogP contribution in [0, 0.1) is 3.57 Å². The Labute approximate surface area is 106 Å². The van der Waals surface area contributed by atoms with Crippen LogP contribution in [0.25, 0.3) is 0 Å². The summed E-state index contributed by atoms with van der Waals surface area (Å²) in [4.78, 5) is 24.9. The molecule has 0 radical (unpaired) electrons. The fourth-order valence-corrected chi connectivity index (χ4v) is 2.44. The van der Waals surface area contributed by atoms with Crippen molar-refractivity contribution in [2.75, 3.05) is 13.2 Å². The molecule has 2 rings (SSSR count). The molecule has 1 aliphatic heterocycles. The summed E-state index contributed by atoms with van der Waals surface area (Å²) in [6, 6.07) is 5.15. The highest BCUT2D eigenvalue weighted by molar-refractivity contribution is 14.1. The van der Waals surface area contributed by atoms with Crippen LogP contribution in [0.5, 0.6) is 0 Å². The molecule has 3 nitrogen and oxygen atoms in total. The van der Waals surface area contributed by atoms with Crippen molar-refractivity contribution in [1.82, 2.24) is 4.90 Å². The summed E-state index contributed by atoms with van der Waals surface area (Å²) in [5, 5.41) is 0. The lowest BCUT2D eigenvalue weighted by Gasteiger charge is -2.11. The number of hydrogen-bond donors (Lipinski definition) is 0. The third kappa shape index (κ3) is 1.73. The number of amides is 2. The molecule has 16 heavy (non-hydrogen) atoms. The maximum Gasteiger partial charge on any atom is 0.262 e. The van der Waals surface area contributed by atoms with Crippen molar-refractivity contribution in [1.29, 1.82) is 0 Å². The summed E-state index contributed by atoms with van der Waals surface area (Å²) in [5.41, 5.74) is 0.878. The zero-order chi connectivity index (χ0) is 11.7. The molecule has 0 atom stereocenters. The third-order valence-electron chi connectivity index (χ3n) is 2.46. The van der Waals surface area contributed by atoms with Crippen LogP contribution in [0.1, 0.15) is 27.1 Å². The number of benzene rings is 1. The number of carbonyl (C=O) groups excluding carboxylic acids is 2. The summed E-state index contributed by atoms with van der Waals surface area (Å²) >= 11 is 2.03. The van der Waals surface area contributed by atoms with Crippen LogP contribution < -0.4 is 0 Å². The summed E-state index contributed by atoms with van der Waals surface area (Å²) in [7, 11) is 0. The summed E-state index contributed by atoms with van der Waals surface area (Å²) in [6.07, 6.45) is 0.196. The van der Waals surface area contributed by atoms with Gasteiger partial charge in [-0.1, -0.05) is 6.07 Å². The lowest BCUT2D eigenvalue weighted by atomic mass is 10.1. The number of alkyl halides is 1. The van der Waals surface area contributed by atoms with Crippen LogP contribution in [0.2, 0.25) is 0 Å². The van der Waals surface area contributed by atoms with Crippen molar-refractivity contribution < 1.29 is 14.0 Å². The van der Waals surface area contributed by atoms with E-state index in [1.165, 1.54) is 0 Å². The molecule has 1 aromatic rings. The Hall–Kier alpha value is -0.980. The fourth-order valence-electron chi connectivity index (χ4n) is 1.71. The highest BCUT2D eigenvalue weighted by Gasteiger charge is 2.36. The Bertz CT molecular complexity index is 461. The van der Waals surface area contributed by atoms with Crippen LogP contribution in [0.3, 0.4) is 0 Å². The Kier molecular flexibility index (Phi) is 3.22. The SMILES string of the molecule is O=C1c2cccc(I)c2C(=O)N1CCCF. The quantitative estimate of drug-likeness (QED) is 0.629. The molecule has 0 N–H and O–H groups in total. The van der Waals surface area contributed by atoms with Crippen molar-refractivity contribution in [3.8, 4) is 0 Å². The van der Waals surface area contributed by atoms with Gasteiger partial charge in [0.1, 0.15) is 0 Å². The second-order valence-corrected chi connectivity index (χ2v) is 4.63. The number of halogens is 2. The van der Waals surface area contributed by atoms with Crippen molar-refractivity contribution >= 4 is 34.4 Å². The smallest absolute Gasteiger partial charge is 0.262 e. The highest BCUT2D eigenvalue weighted by Crippen LogP contribution is 2.26.